The lowest BCUT2D eigenvalue weighted by Gasteiger charge is -2.16. The monoisotopic (exact) mass is 455 g/mol. The van der Waals surface area contributed by atoms with Gasteiger partial charge in [0.2, 0.25) is 15.8 Å². The molecule has 0 aliphatic heterocycles. The van der Waals surface area contributed by atoms with Crippen molar-refractivity contribution in [3.63, 3.8) is 0 Å². The lowest BCUT2D eigenvalue weighted by molar-refractivity contribution is 0.0736. The second-order valence-corrected chi connectivity index (χ2v) is 9.46. The van der Waals surface area contributed by atoms with E-state index in [0.29, 0.717) is 12.5 Å². The number of aromatic nitrogens is 2. The van der Waals surface area contributed by atoms with Crippen LogP contribution in [-0.4, -0.2) is 36.9 Å². The van der Waals surface area contributed by atoms with Crippen molar-refractivity contribution in [1.29, 1.82) is 0 Å². The highest BCUT2D eigenvalue weighted by molar-refractivity contribution is 7.89. The first kappa shape index (κ1) is 23.2. The van der Waals surface area contributed by atoms with Crippen LogP contribution in [0.3, 0.4) is 0 Å². The Balaban J connectivity index is 1.43. The maximum atomic E-state index is 13.2. The standard InChI is InChI=1S/C20H26FN3O6S/c1-14(16-4-2-5-17(10-16)30-12-15-6-7-15)23-31(27,28)9-3-8-29-13-24-11-18(21)19(25)22-20(24)26/h2,4-5,10-11,14-15,23H,3,6-9,12-13H2,1H3,(H,22,25,26)/t14-/m1/s1. The number of benzene rings is 1. The molecule has 2 aromatic rings. The SMILES string of the molecule is C[C@@H](NS(=O)(=O)CCCOCn1cc(F)c(=O)[nH]c1=O)c1cccc(OCC2CC2)c1. The molecule has 0 saturated heterocycles. The second-order valence-electron chi connectivity index (χ2n) is 7.58. The third kappa shape index (κ3) is 7.30. The van der Waals surface area contributed by atoms with Gasteiger partial charge in [-0.15, -0.1) is 0 Å². The summed E-state index contributed by atoms with van der Waals surface area (Å²) >= 11 is 0. The zero-order chi connectivity index (χ0) is 22.4. The van der Waals surface area contributed by atoms with Crippen LogP contribution in [-0.2, 0) is 21.5 Å². The maximum absolute atomic E-state index is 13.2. The Morgan fingerprint density at radius 1 is 1.32 bits per heavy atom. The molecule has 1 aromatic heterocycles. The van der Waals surface area contributed by atoms with E-state index in [-0.39, 0.29) is 25.5 Å². The van der Waals surface area contributed by atoms with Crippen LogP contribution in [0, 0.1) is 11.7 Å². The molecule has 2 N–H and O–H groups in total. The molecule has 11 heteroatoms. The van der Waals surface area contributed by atoms with Crippen molar-refractivity contribution in [2.75, 3.05) is 19.0 Å². The Morgan fingerprint density at radius 2 is 2.10 bits per heavy atom. The number of nitrogens with one attached hydrogen (secondary N) is 2. The molecule has 0 bridgehead atoms. The molecule has 1 fully saturated rings. The number of hydrogen-bond donors (Lipinski definition) is 2. The number of H-pyrrole nitrogens is 1. The topological polar surface area (TPSA) is 119 Å². The zero-order valence-electron chi connectivity index (χ0n) is 17.2. The number of ether oxygens (including phenoxy) is 2. The van der Waals surface area contributed by atoms with Gasteiger partial charge in [-0.3, -0.25) is 14.3 Å². The first-order valence-corrected chi connectivity index (χ1v) is 11.7. The molecule has 1 aromatic carbocycles. The van der Waals surface area contributed by atoms with Gasteiger partial charge < -0.3 is 9.47 Å². The molecule has 31 heavy (non-hydrogen) atoms. The minimum absolute atomic E-state index is 0.0347. The molecule has 0 unspecified atom stereocenters. The minimum Gasteiger partial charge on any atom is -0.493 e. The molecule has 1 aliphatic carbocycles. The summed E-state index contributed by atoms with van der Waals surface area (Å²) in [6.45, 7) is 2.17. The van der Waals surface area contributed by atoms with Crippen LogP contribution in [0.1, 0.15) is 37.8 Å². The number of sulfonamides is 1. The highest BCUT2D eigenvalue weighted by Gasteiger charge is 2.22. The van der Waals surface area contributed by atoms with Crippen molar-refractivity contribution in [2.45, 2.75) is 39.0 Å². The Hall–Kier alpha value is -2.50. The third-order valence-corrected chi connectivity index (χ3v) is 6.34. The smallest absolute Gasteiger partial charge is 0.330 e. The van der Waals surface area contributed by atoms with E-state index in [1.807, 2.05) is 29.2 Å². The number of rotatable bonds is 12. The van der Waals surface area contributed by atoms with Crippen LogP contribution >= 0.6 is 0 Å². The molecule has 0 radical (unpaired) electrons. The van der Waals surface area contributed by atoms with Crippen LogP contribution in [0.2, 0.25) is 0 Å². The van der Waals surface area contributed by atoms with Gasteiger partial charge in [0, 0.05) is 12.6 Å². The van der Waals surface area contributed by atoms with Crippen molar-refractivity contribution in [1.82, 2.24) is 14.3 Å². The number of nitrogens with zero attached hydrogens (tertiary/aromatic N) is 1. The van der Waals surface area contributed by atoms with Crippen molar-refractivity contribution < 1.29 is 22.3 Å². The van der Waals surface area contributed by atoms with Gasteiger partial charge in [-0.05, 0) is 49.8 Å². The summed E-state index contributed by atoms with van der Waals surface area (Å²) in [5.41, 5.74) is -1.11. The third-order valence-electron chi connectivity index (χ3n) is 4.80. The summed E-state index contributed by atoms with van der Waals surface area (Å²) < 4.78 is 52.3. The fourth-order valence-electron chi connectivity index (χ4n) is 2.86. The molecule has 0 amide bonds. The highest BCUT2D eigenvalue weighted by atomic mass is 32.2. The molecule has 1 saturated carbocycles. The molecular formula is C20H26FN3O6S. The zero-order valence-corrected chi connectivity index (χ0v) is 18.0. The molecule has 1 atom stereocenters. The maximum Gasteiger partial charge on any atom is 0.330 e. The van der Waals surface area contributed by atoms with Crippen LogP contribution in [0.25, 0.3) is 0 Å². The number of aromatic amines is 1. The van der Waals surface area contributed by atoms with Gasteiger partial charge in [0.15, 0.2) is 0 Å². The van der Waals surface area contributed by atoms with Gasteiger partial charge in [-0.1, -0.05) is 12.1 Å². The quantitative estimate of drug-likeness (QED) is 0.468. The lowest BCUT2D eigenvalue weighted by Crippen LogP contribution is -2.32. The van der Waals surface area contributed by atoms with Gasteiger partial charge >= 0.3 is 5.69 Å². The van der Waals surface area contributed by atoms with Gasteiger partial charge in [0.1, 0.15) is 12.5 Å². The van der Waals surface area contributed by atoms with E-state index in [2.05, 4.69) is 4.72 Å². The van der Waals surface area contributed by atoms with Gasteiger partial charge in [-0.2, -0.15) is 4.39 Å². The largest absolute Gasteiger partial charge is 0.493 e. The fraction of sp³-hybridized carbons (Fsp3) is 0.500. The minimum atomic E-state index is -3.57. The first-order chi connectivity index (χ1) is 14.7. The Kier molecular flexibility index (Phi) is 7.63. The average molecular weight is 456 g/mol. The van der Waals surface area contributed by atoms with Crippen molar-refractivity contribution >= 4 is 10.0 Å². The molecule has 9 nitrogen and oxygen atoms in total. The average Bonchev–Trinajstić information content (AvgIpc) is 3.54. The van der Waals surface area contributed by atoms with Crippen molar-refractivity contribution in [3.05, 3.63) is 62.7 Å². The Bertz CT molecular complexity index is 1110. The highest BCUT2D eigenvalue weighted by Crippen LogP contribution is 2.30. The molecule has 1 aliphatic rings. The normalized spacial score (nSPS) is 15.0. The van der Waals surface area contributed by atoms with E-state index >= 15 is 0 Å². The second kappa shape index (κ2) is 10.2. The summed E-state index contributed by atoms with van der Waals surface area (Å²) in [6, 6.07) is 6.92. The van der Waals surface area contributed by atoms with Crippen LogP contribution in [0.15, 0.2) is 40.1 Å². The van der Waals surface area contributed by atoms with Crippen LogP contribution < -0.4 is 20.7 Å². The predicted molar refractivity (Wildman–Crippen MR) is 112 cm³/mol. The summed E-state index contributed by atoms with van der Waals surface area (Å²) in [4.78, 5) is 24.3. The first-order valence-electron chi connectivity index (χ1n) is 10.0. The molecule has 170 valence electrons. The van der Waals surface area contributed by atoms with Crippen molar-refractivity contribution in [2.24, 2.45) is 5.92 Å². The molecule has 3 rings (SSSR count). The summed E-state index contributed by atoms with van der Waals surface area (Å²) in [6.07, 6.45) is 3.30. The predicted octanol–water partition coefficient (Wildman–Crippen LogP) is 1.51. The van der Waals surface area contributed by atoms with Gasteiger partial charge in [-0.25, -0.2) is 17.9 Å². The fourth-order valence-corrected chi connectivity index (χ4v) is 4.15. The van der Waals surface area contributed by atoms with Crippen molar-refractivity contribution in [3.8, 4) is 5.75 Å². The van der Waals surface area contributed by atoms with Gasteiger partial charge in [0.25, 0.3) is 5.56 Å². The van der Waals surface area contributed by atoms with E-state index in [0.717, 1.165) is 22.1 Å². The molecular weight excluding hydrogens is 429 g/mol. The van der Waals surface area contributed by atoms with E-state index < -0.39 is 33.1 Å². The molecule has 0 spiro atoms. The van der Waals surface area contributed by atoms with Crippen LogP contribution in [0.4, 0.5) is 4.39 Å². The van der Waals surface area contributed by atoms with Crippen LogP contribution in [0.5, 0.6) is 5.75 Å². The Labute approximate surface area is 179 Å². The van der Waals surface area contributed by atoms with E-state index in [1.165, 1.54) is 12.8 Å². The van der Waals surface area contributed by atoms with E-state index in [9.17, 15) is 22.4 Å². The summed E-state index contributed by atoms with van der Waals surface area (Å²) in [5, 5.41) is 0. The number of halogens is 1. The molecule has 1 heterocycles. The van der Waals surface area contributed by atoms with E-state index in [1.54, 1.807) is 6.92 Å². The number of hydrogen-bond acceptors (Lipinski definition) is 6. The summed E-state index contributed by atoms with van der Waals surface area (Å²) in [5.74, 6) is 0.0665. The van der Waals surface area contributed by atoms with Gasteiger partial charge in [0.05, 0.1) is 18.6 Å². The Morgan fingerprint density at radius 3 is 2.84 bits per heavy atom. The van der Waals surface area contributed by atoms with E-state index in [4.69, 9.17) is 9.47 Å². The lowest BCUT2D eigenvalue weighted by atomic mass is 10.1. The summed E-state index contributed by atoms with van der Waals surface area (Å²) in [7, 11) is -3.57.